The largest absolute Gasteiger partial charge is 0.416 e. The van der Waals surface area contributed by atoms with E-state index in [0.717, 1.165) is 31.4 Å². The molecule has 5 rings (SSSR count). The summed E-state index contributed by atoms with van der Waals surface area (Å²) in [6, 6.07) is 18.2. The van der Waals surface area contributed by atoms with Crippen LogP contribution in [0.15, 0.2) is 72.8 Å². The van der Waals surface area contributed by atoms with Crippen molar-refractivity contribution in [2.24, 2.45) is 0 Å². The maximum absolute atomic E-state index is 13.8. The molecular weight excluding hydrogens is 559 g/mol. The molecule has 0 unspecified atom stereocenters. The third kappa shape index (κ3) is 7.46. The quantitative estimate of drug-likeness (QED) is 0.362. The second-order valence-electron chi connectivity index (χ2n) is 10.7. The minimum absolute atomic E-state index is 0.0727. The highest BCUT2D eigenvalue weighted by atomic mass is 19.4. The van der Waals surface area contributed by atoms with Crippen molar-refractivity contribution in [3.63, 3.8) is 0 Å². The van der Waals surface area contributed by atoms with Gasteiger partial charge in [0.05, 0.1) is 11.1 Å². The molecule has 2 heterocycles. The molecule has 226 valence electrons. The first kappa shape index (κ1) is 29.9. The lowest BCUT2D eigenvalue weighted by Crippen LogP contribution is -2.39. The number of amides is 4. The fourth-order valence-corrected chi connectivity index (χ4v) is 5.46. The molecule has 0 atom stereocenters. The van der Waals surface area contributed by atoms with Crippen molar-refractivity contribution in [2.45, 2.75) is 31.9 Å². The average molecular weight is 594 g/mol. The van der Waals surface area contributed by atoms with Crippen molar-refractivity contribution in [3.8, 4) is 0 Å². The molecule has 2 aliphatic rings. The number of hydrogen-bond acceptors (Lipinski definition) is 4. The van der Waals surface area contributed by atoms with Crippen molar-refractivity contribution in [2.75, 3.05) is 54.8 Å². The summed E-state index contributed by atoms with van der Waals surface area (Å²) < 4.78 is 39.3. The van der Waals surface area contributed by atoms with E-state index in [-0.39, 0.29) is 17.5 Å². The Morgan fingerprint density at radius 2 is 1.37 bits per heavy atom. The van der Waals surface area contributed by atoms with Gasteiger partial charge in [-0.1, -0.05) is 24.3 Å². The molecule has 0 saturated carbocycles. The van der Waals surface area contributed by atoms with E-state index in [4.69, 9.17) is 0 Å². The van der Waals surface area contributed by atoms with E-state index in [0.29, 0.717) is 68.2 Å². The second-order valence-corrected chi connectivity index (χ2v) is 10.7. The van der Waals surface area contributed by atoms with Gasteiger partial charge in [-0.05, 0) is 74.2 Å². The maximum atomic E-state index is 13.8. The molecule has 0 bridgehead atoms. The van der Waals surface area contributed by atoms with E-state index in [1.807, 2.05) is 17.0 Å². The summed E-state index contributed by atoms with van der Waals surface area (Å²) in [6.07, 6.45) is -0.961. The number of benzene rings is 3. The van der Waals surface area contributed by atoms with Gasteiger partial charge in [-0.15, -0.1) is 0 Å². The Bertz CT molecular complexity index is 1460. The normalized spacial score (nSPS) is 15.9. The molecule has 11 heteroatoms. The summed E-state index contributed by atoms with van der Waals surface area (Å²) in [6.45, 7) is 3.05. The summed E-state index contributed by atoms with van der Waals surface area (Å²) in [5.74, 6) is -0.379. The minimum atomic E-state index is -4.51. The van der Waals surface area contributed by atoms with Crippen molar-refractivity contribution in [1.82, 2.24) is 9.80 Å². The van der Waals surface area contributed by atoms with E-state index < -0.39 is 17.8 Å². The summed E-state index contributed by atoms with van der Waals surface area (Å²) in [5.41, 5.74) is 1.45. The van der Waals surface area contributed by atoms with Crippen LogP contribution >= 0.6 is 0 Å². The number of carbonyl (C=O) groups is 3. The van der Waals surface area contributed by atoms with E-state index in [9.17, 15) is 27.6 Å². The number of hydrogen-bond donors (Lipinski definition) is 2. The SMILES string of the molecule is O=C(Nc1ccc(N2CCCN(C(=O)Nc3cccc(C(F)(F)F)c3)CC2)c(C(=O)N2CCCCC2)c1)c1ccccc1. The van der Waals surface area contributed by atoms with Gasteiger partial charge in [-0.3, -0.25) is 9.59 Å². The lowest BCUT2D eigenvalue weighted by atomic mass is 10.1. The van der Waals surface area contributed by atoms with Gasteiger partial charge in [-0.2, -0.15) is 13.2 Å². The first-order valence-electron chi connectivity index (χ1n) is 14.5. The van der Waals surface area contributed by atoms with Crippen LogP contribution < -0.4 is 15.5 Å². The fourth-order valence-electron chi connectivity index (χ4n) is 5.46. The van der Waals surface area contributed by atoms with Crippen LogP contribution in [0.2, 0.25) is 0 Å². The Balaban J connectivity index is 1.32. The molecule has 2 N–H and O–H groups in total. The number of alkyl halides is 3. The van der Waals surface area contributed by atoms with Gasteiger partial charge in [0.2, 0.25) is 0 Å². The van der Waals surface area contributed by atoms with Crippen molar-refractivity contribution < 1.29 is 27.6 Å². The average Bonchev–Trinajstić information content (AvgIpc) is 3.28. The van der Waals surface area contributed by atoms with Crippen LogP contribution in [0, 0.1) is 0 Å². The number of rotatable bonds is 5. The van der Waals surface area contributed by atoms with Crippen LogP contribution in [0.5, 0.6) is 0 Å². The molecule has 4 amide bonds. The Hall–Kier alpha value is -4.54. The Morgan fingerprint density at radius 3 is 2.12 bits per heavy atom. The van der Waals surface area contributed by atoms with Gasteiger partial charge in [0, 0.05) is 61.9 Å². The van der Waals surface area contributed by atoms with Gasteiger partial charge in [0.1, 0.15) is 0 Å². The zero-order valence-electron chi connectivity index (χ0n) is 23.7. The smallest absolute Gasteiger partial charge is 0.369 e. The van der Waals surface area contributed by atoms with E-state index >= 15 is 0 Å². The minimum Gasteiger partial charge on any atom is -0.369 e. The summed E-state index contributed by atoms with van der Waals surface area (Å²) in [4.78, 5) is 45.0. The predicted octanol–water partition coefficient (Wildman–Crippen LogP) is 6.33. The molecule has 43 heavy (non-hydrogen) atoms. The fraction of sp³-hybridized carbons (Fsp3) is 0.344. The first-order valence-corrected chi connectivity index (χ1v) is 14.5. The highest BCUT2D eigenvalue weighted by Gasteiger charge is 2.31. The van der Waals surface area contributed by atoms with Crippen LogP contribution in [0.4, 0.5) is 35.0 Å². The van der Waals surface area contributed by atoms with Crippen LogP contribution in [-0.4, -0.2) is 66.9 Å². The van der Waals surface area contributed by atoms with Gasteiger partial charge in [-0.25, -0.2) is 4.79 Å². The number of nitrogens with one attached hydrogen (secondary N) is 2. The predicted molar refractivity (Wildman–Crippen MR) is 159 cm³/mol. The Kier molecular flexibility index (Phi) is 9.18. The maximum Gasteiger partial charge on any atom is 0.416 e. The van der Waals surface area contributed by atoms with Gasteiger partial charge in [0.15, 0.2) is 0 Å². The second kappa shape index (κ2) is 13.2. The Labute approximate surface area is 248 Å². The third-order valence-corrected chi connectivity index (χ3v) is 7.73. The third-order valence-electron chi connectivity index (χ3n) is 7.73. The molecule has 2 fully saturated rings. The molecule has 2 aliphatic heterocycles. The first-order chi connectivity index (χ1) is 20.7. The molecule has 0 spiro atoms. The molecule has 0 radical (unpaired) electrons. The zero-order chi connectivity index (χ0) is 30.4. The lowest BCUT2D eigenvalue weighted by molar-refractivity contribution is -0.137. The zero-order valence-corrected chi connectivity index (χ0v) is 23.7. The van der Waals surface area contributed by atoms with Gasteiger partial charge in [0.25, 0.3) is 11.8 Å². The lowest BCUT2D eigenvalue weighted by Gasteiger charge is -2.30. The highest BCUT2D eigenvalue weighted by Crippen LogP contribution is 2.31. The molecule has 8 nitrogen and oxygen atoms in total. The highest BCUT2D eigenvalue weighted by molar-refractivity contribution is 6.06. The van der Waals surface area contributed by atoms with Gasteiger partial charge >= 0.3 is 12.2 Å². The number of urea groups is 1. The van der Waals surface area contributed by atoms with Crippen LogP contribution in [0.3, 0.4) is 0 Å². The van der Waals surface area contributed by atoms with Crippen LogP contribution in [0.25, 0.3) is 0 Å². The topological polar surface area (TPSA) is 85.0 Å². The molecular formula is C32H34F3N5O3. The number of likely N-dealkylation sites (tertiary alicyclic amines) is 1. The number of halogens is 3. The van der Waals surface area contributed by atoms with Crippen LogP contribution in [0.1, 0.15) is 52.0 Å². The summed E-state index contributed by atoms with van der Waals surface area (Å²) in [5, 5.41) is 5.48. The molecule has 0 aliphatic carbocycles. The van der Waals surface area contributed by atoms with Gasteiger partial charge < -0.3 is 25.3 Å². The van der Waals surface area contributed by atoms with E-state index in [1.165, 1.54) is 12.1 Å². The number of piperidine rings is 1. The molecule has 0 aromatic heterocycles. The van der Waals surface area contributed by atoms with Crippen molar-refractivity contribution in [1.29, 1.82) is 0 Å². The summed E-state index contributed by atoms with van der Waals surface area (Å²) in [7, 11) is 0. The molecule has 3 aromatic rings. The number of nitrogens with zero attached hydrogens (tertiary/aromatic N) is 3. The molecule has 3 aromatic carbocycles. The number of anilines is 3. The van der Waals surface area contributed by atoms with E-state index in [2.05, 4.69) is 15.5 Å². The van der Waals surface area contributed by atoms with Crippen molar-refractivity contribution in [3.05, 3.63) is 89.5 Å². The standard InChI is InChI=1S/C32H34F3N5O3/c33-32(34,35)24-11-7-12-25(21-24)37-31(43)40-18-8-17-38(19-20-40)28-14-13-26(36-29(41)23-9-3-1-4-10-23)22-27(28)30(42)39-15-5-2-6-16-39/h1,3-4,7,9-14,21-22H,2,5-6,8,15-20H2,(H,36,41)(H,37,43). The van der Waals surface area contributed by atoms with E-state index in [1.54, 1.807) is 41.3 Å². The monoisotopic (exact) mass is 593 g/mol. The van der Waals surface area contributed by atoms with Crippen molar-refractivity contribution >= 4 is 34.9 Å². The Morgan fingerprint density at radius 1 is 0.651 bits per heavy atom. The summed E-state index contributed by atoms with van der Waals surface area (Å²) >= 11 is 0. The molecule has 2 saturated heterocycles. The number of carbonyl (C=O) groups excluding carboxylic acids is 3. The van der Waals surface area contributed by atoms with Crippen LogP contribution in [-0.2, 0) is 6.18 Å².